The molecule has 5 heteroatoms. The molecule has 1 heterocycles. The molecular weight excluding hydrogens is 346 g/mol. The van der Waals surface area contributed by atoms with Crippen molar-refractivity contribution >= 4 is 22.4 Å². The summed E-state index contributed by atoms with van der Waals surface area (Å²) in [5, 5.41) is 4.12. The molecule has 0 aliphatic carbocycles. The maximum Gasteiger partial charge on any atom is 0.261 e. The quantitative estimate of drug-likeness (QED) is 0.638. The van der Waals surface area contributed by atoms with Gasteiger partial charge in [-0.3, -0.25) is 9.78 Å². The number of benzene rings is 2. The Hall–Kier alpha value is -3.26. The van der Waals surface area contributed by atoms with Gasteiger partial charge in [-0.1, -0.05) is 24.0 Å². The second kappa shape index (κ2) is 7.16. The number of carbonyl (C=O) groups is 1. The lowest BCUT2D eigenvalue weighted by Gasteiger charge is -2.10. The van der Waals surface area contributed by atoms with E-state index in [1.54, 1.807) is 30.6 Å². The molecule has 2 aromatic carbocycles. The van der Waals surface area contributed by atoms with Crippen LogP contribution in [-0.4, -0.2) is 10.9 Å². The Morgan fingerprint density at radius 2 is 1.81 bits per heavy atom. The van der Waals surface area contributed by atoms with E-state index in [2.05, 4.69) is 22.1 Å². The first-order valence-electron chi connectivity index (χ1n) is 8.41. The number of rotatable bonds is 2. The van der Waals surface area contributed by atoms with Crippen molar-refractivity contribution in [2.24, 2.45) is 5.41 Å². The lowest BCUT2D eigenvalue weighted by atomic mass is 9.97. The van der Waals surface area contributed by atoms with Crippen molar-refractivity contribution in [1.29, 1.82) is 0 Å². The Balaban J connectivity index is 1.94. The van der Waals surface area contributed by atoms with Crippen LogP contribution in [0.5, 0.6) is 0 Å². The van der Waals surface area contributed by atoms with Crippen LogP contribution in [0.1, 0.15) is 36.7 Å². The van der Waals surface area contributed by atoms with Crippen molar-refractivity contribution in [3.8, 4) is 11.8 Å². The van der Waals surface area contributed by atoms with E-state index >= 15 is 0 Å². The van der Waals surface area contributed by atoms with E-state index in [1.807, 2.05) is 26.8 Å². The van der Waals surface area contributed by atoms with Gasteiger partial charge in [0, 0.05) is 39.8 Å². The SMILES string of the molecule is CC(C)(C)C#Cc1cc(F)c(C(=O)Nc2cccc3cnccc23)c(F)c1. The van der Waals surface area contributed by atoms with E-state index in [0.29, 0.717) is 5.69 Å². The number of nitrogens with one attached hydrogen (secondary N) is 1. The Bertz CT molecular complexity index is 1060. The maximum absolute atomic E-state index is 14.4. The zero-order chi connectivity index (χ0) is 19.6. The number of hydrogen-bond donors (Lipinski definition) is 1. The smallest absolute Gasteiger partial charge is 0.261 e. The first kappa shape index (κ1) is 18.5. The third kappa shape index (κ3) is 4.29. The highest BCUT2D eigenvalue weighted by Gasteiger charge is 2.19. The zero-order valence-corrected chi connectivity index (χ0v) is 15.2. The summed E-state index contributed by atoms with van der Waals surface area (Å²) in [5.41, 5.74) is -0.294. The molecule has 3 rings (SSSR count). The number of carbonyl (C=O) groups excluding carboxylic acids is 1. The van der Waals surface area contributed by atoms with Crippen LogP contribution < -0.4 is 5.32 Å². The molecule has 3 nitrogen and oxygen atoms in total. The van der Waals surface area contributed by atoms with Crippen molar-refractivity contribution < 1.29 is 13.6 Å². The molecule has 1 aromatic heterocycles. The van der Waals surface area contributed by atoms with Gasteiger partial charge in [-0.15, -0.1) is 0 Å². The van der Waals surface area contributed by atoms with E-state index in [4.69, 9.17) is 0 Å². The second-order valence-corrected chi connectivity index (χ2v) is 7.17. The number of anilines is 1. The number of halogens is 2. The van der Waals surface area contributed by atoms with E-state index < -0.39 is 23.1 Å². The molecule has 0 saturated carbocycles. The van der Waals surface area contributed by atoms with Crippen LogP contribution in [-0.2, 0) is 0 Å². The van der Waals surface area contributed by atoms with Crippen LogP contribution in [0.25, 0.3) is 10.8 Å². The monoisotopic (exact) mass is 364 g/mol. The van der Waals surface area contributed by atoms with Gasteiger partial charge in [0.25, 0.3) is 5.91 Å². The number of hydrogen-bond acceptors (Lipinski definition) is 2. The molecule has 0 radical (unpaired) electrons. The lowest BCUT2D eigenvalue weighted by Crippen LogP contribution is -2.16. The normalized spacial score (nSPS) is 11.0. The number of aromatic nitrogens is 1. The third-order valence-electron chi connectivity index (χ3n) is 3.78. The van der Waals surface area contributed by atoms with Crippen molar-refractivity contribution in [3.63, 3.8) is 0 Å². The predicted molar refractivity (Wildman–Crippen MR) is 102 cm³/mol. The minimum absolute atomic E-state index is 0.188. The lowest BCUT2D eigenvalue weighted by molar-refractivity contribution is 0.101. The minimum atomic E-state index is -0.951. The summed E-state index contributed by atoms with van der Waals surface area (Å²) in [6.07, 6.45) is 3.23. The summed E-state index contributed by atoms with van der Waals surface area (Å²) in [6.45, 7) is 5.69. The number of amides is 1. The summed E-state index contributed by atoms with van der Waals surface area (Å²) in [6, 6.07) is 9.11. The fourth-order valence-corrected chi connectivity index (χ4v) is 2.54. The Morgan fingerprint density at radius 1 is 1.11 bits per heavy atom. The fourth-order valence-electron chi connectivity index (χ4n) is 2.54. The molecule has 0 unspecified atom stereocenters. The molecule has 0 saturated heterocycles. The molecule has 0 aliphatic rings. The molecule has 1 N–H and O–H groups in total. The Kier molecular flexibility index (Phi) is 4.91. The zero-order valence-electron chi connectivity index (χ0n) is 15.2. The van der Waals surface area contributed by atoms with Crippen molar-refractivity contribution in [2.75, 3.05) is 5.32 Å². The van der Waals surface area contributed by atoms with E-state index in [-0.39, 0.29) is 11.0 Å². The molecule has 136 valence electrons. The predicted octanol–water partition coefficient (Wildman–Crippen LogP) is 5.16. The fraction of sp³-hybridized carbons (Fsp3) is 0.182. The highest BCUT2D eigenvalue weighted by molar-refractivity contribution is 6.09. The van der Waals surface area contributed by atoms with Crippen LogP contribution in [0.2, 0.25) is 0 Å². The van der Waals surface area contributed by atoms with Crippen molar-refractivity contribution in [1.82, 2.24) is 4.98 Å². The standard InChI is InChI=1S/C22H18F2N2O/c1-22(2,3)9-7-14-11-17(23)20(18(24)12-14)21(27)26-19-6-4-5-15-13-25-10-8-16(15)19/h4-6,8,10-13H,1-3H3,(H,26,27). The molecule has 0 bridgehead atoms. The third-order valence-corrected chi connectivity index (χ3v) is 3.78. The highest BCUT2D eigenvalue weighted by Crippen LogP contribution is 2.24. The topological polar surface area (TPSA) is 42.0 Å². The van der Waals surface area contributed by atoms with E-state index in [9.17, 15) is 13.6 Å². The minimum Gasteiger partial charge on any atom is -0.321 e. The van der Waals surface area contributed by atoms with Gasteiger partial charge in [0.15, 0.2) is 0 Å². The van der Waals surface area contributed by atoms with Crippen LogP contribution in [0.4, 0.5) is 14.5 Å². The Labute approximate surface area is 156 Å². The maximum atomic E-state index is 14.4. The molecule has 0 aliphatic heterocycles. The van der Waals surface area contributed by atoms with Gasteiger partial charge in [-0.25, -0.2) is 8.78 Å². The van der Waals surface area contributed by atoms with Gasteiger partial charge >= 0.3 is 0 Å². The molecule has 27 heavy (non-hydrogen) atoms. The largest absolute Gasteiger partial charge is 0.321 e. The first-order valence-corrected chi connectivity index (χ1v) is 8.41. The van der Waals surface area contributed by atoms with Crippen molar-refractivity contribution in [2.45, 2.75) is 20.8 Å². The average molecular weight is 364 g/mol. The molecule has 3 aromatic rings. The van der Waals surface area contributed by atoms with Gasteiger partial charge < -0.3 is 5.32 Å². The molecule has 0 atom stereocenters. The summed E-state index contributed by atoms with van der Waals surface area (Å²) < 4.78 is 28.8. The summed E-state index contributed by atoms with van der Waals surface area (Å²) in [7, 11) is 0. The number of fused-ring (bicyclic) bond motifs is 1. The van der Waals surface area contributed by atoms with Gasteiger partial charge in [0.1, 0.15) is 17.2 Å². The second-order valence-electron chi connectivity index (χ2n) is 7.17. The van der Waals surface area contributed by atoms with Gasteiger partial charge in [-0.05, 0) is 45.0 Å². The summed E-state index contributed by atoms with van der Waals surface area (Å²) in [4.78, 5) is 16.5. The summed E-state index contributed by atoms with van der Waals surface area (Å²) >= 11 is 0. The molecule has 1 amide bonds. The average Bonchev–Trinajstić information content (AvgIpc) is 2.59. The van der Waals surface area contributed by atoms with Crippen LogP contribution in [0.3, 0.4) is 0 Å². The molecule has 0 fully saturated rings. The number of nitrogens with zero attached hydrogens (tertiary/aromatic N) is 1. The van der Waals surface area contributed by atoms with Gasteiger partial charge in [0.05, 0.1) is 0 Å². The van der Waals surface area contributed by atoms with Crippen LogP contribution in [0.15, 0.2) is 48.8 Å². The number of pyridine rings is 1. The summed E-state index contributed by atoms with van der Waals surface area (Å²) in [5.74, 6) is 2.89. The molecule has 0 spiro atoms. The molecular formula is C22H18F2N2O. The van der Waals surface area contributed by atoms with Gasteiger partial charge in [-0.2, -0.15) is 0 Å². The van der Waals surface area contributed by atoms with Crippen LogP contribution in [0, 0.1) is 28.9 Å². The van der Waals surface area contributed by atoms with E-state index in [0.717, 1.165) is 22.9 Å². The van der Waals surface area contributed by atoms with E-state index in [1.165, 1.54) is 0 Å². The van der Waals surface area contributed by atoms with Crippen molar-refractivity contribution in [3.05, 3.63) is 71.6 Å². The van der Waals surface area contributed by atoms with Gasteiger partial charge in [0.2, 0.25) is 0 Å². The Morgan fingerprint density at radius 3 is 2.48 bits per heavy atom. The highest BCUT2D eigenvalue weighted by atomic mass is 19.1. The van der Waals surface area contributed by atoms with Crippen LogP contribution >= 0.6 is 0 Å². The first-order chi connectivity index (χ1) is 12.7.